The zero-order valence-electron chi connectivity index (χ0n) is 13.1. The van der Waals surface area contributed by atoms with Crippen LogP contribution in [0.3, 0.4) is 0 Å². The highest BCUT2D eigenvalue weighted by Crippen LogP contribution is 2.30. The molecule has 4 nitrogen and oxygen atoms in total. The number of urea groups is 1. The summed E-state index contributed by atoms with van der Waals surface area (Å²) in [7, 11) is 1.42. The molecule has 128 valence electrons. The summed E-state index contributed by atoms with van der Waals surface area (Å²) in [5, 5.41) is 5.62. The fourth-order valence-electron chi connectivity index (χ4n) is 2.85. The lowest BCUT2D eigenvalue weighted by Gasteiger charge is -2.19. The minimum absolute atomic E-state index is 0.0131. The molecule has 2 rings (SSSR count). The van der Waals surface area contributed by atoms with Crippen LogP contribution in [0.2, 0.25) is 0 Å². The molecule has 2 amide bonds. The van der Waals surface area contributed by atoms with Crippen molar-refractivity contribution in [2.24, 2.45) is 0 Å². The third kappa shape index (κ3) is 5.74. The van der Waals surface area contributed by atoms with Gasteiger partial charge in [-0.25, -0.2) is 4.79 Å². The molecule has 1 aliphatic rings. The summed E-state index contributed by atoms with van der Waals surface area (Å²) in [6, 6.07) is 7.75. The Morgan fingerprint density at radius 3 is 2.83 bits per heavy atom. The number of aryl methyl sites for hydroxylation is 1. The third-order valence-electron chi connectivity index (χ3n) is 3.89. The van der Waals surface area contributed by atoms with Crippen molar-refractivity contribution < 1.29 is 18.0 Å². The molecule has 1 aromatic rings. The number of carbonyl (C=O) groups is 1. The van der Waals surface area contributed by atoms with Gasteiger partial charge in [-0.1, -0.05) is 24.3 Å². The number of carbonyl (C=O) groups excluding carboxylic acids is 1. The quantitative estimate of drug-likeness (QED) is 0.788. The predicted molar refractivity (Wildman–Crippen MR) is 82.2 cm³/mol. The van der Waals surface area contributed by atoms with Gasteiger partial charge in [0.2, 0.25) is 0 Å². The molecule has 1 atom stereocenters. The maximum Gasteiger partial charge on any atom is 0.401 e. The molecule has 1 aliphatic carbocycles. The topological polar surface area (TPSA) is 44.4 Å². The average Bonchev–Trinajstić information content (AvgIpc) is 2.85. The lowest BCUT2D eigenvalue weighted by Crippen LogP contribution is -2.39. The molecule has 0 spiro atoms. The number of nitrogens with zero attached hydrogens (tertiary/aromatic N) is 1. The number of nitrogens with one attached hydrogen (secondary N) is 2. The van der Waals surface area contributed by atoms with E-state index in [0.29, 0.717) is 13.0 Å². The molecule has 0 bridgehead atoms. The van der Waals surface area contributed by atoms with E-state index >= 15 is 0 Å². The number of benzene rings is 1. The first-order chi connectivity index (χ1) is 10.8. The maximum atomic E-state index is 12.2. The Kier molecular flexibility index (Phi) is 5.87. The van der Waals surface area contributed by atoms with Gasteiger partial charge in [0.1, 0.15) is 0 Å². The average molecular weight is 329 g/mol. The lowest BCUT2D eigenvalue weighted by molar-refractivity contribution is -0.143. The zero-order chi connectivity index (χ0) is 16.9. The highest BCUT2D eigenvalue weighted by Gasteiger charge is 2.28. The minimum atomic E-state index is -4.19. The van der Waals surface area contributed by atoms with Crippen molar-refractivity contribution in [2.45, 2.75) is 31.5 Å². The van der Waals surface area contributed by atoms with E-state index in [1.807, 2.05) is 18.2 Å². The lowest BCUT2D eigenvalue weighted by atomic mass is 10.1. The Balaban J connectivity index is 1.65. The van der Waals surface area contributed by atoms with Crippen molar-refractivity contribution in [2.75, 3.05) is 26.7 Å². The standard InChI is InChI=1S/C16H22F3N3O/c1-22(11-16(17,18)19)10-4-9-20-15(23)21-14-8-7-12-5-2-3-6-13(12)14/h2-3,5-6,14H,4,7-11H2,1H3,(H2,20,21,23)/t14-/m1/s1. The van der Waals surface area contributed by atoms with Crippen molar-refractivity contribution in [1.82, 2.24) is 15.5 Å². The molecule has 1 aromatic carbocycles. The first-order valence-electron chi connectivity index (χ1n) is 7.72. The number of hydrogen-bond donors (Lipinski definition) is 2. The molecular weight excluding hydrogens is 307 g/mol. The molecule has 2 N–H and O–H groups in total. The van der Waals surface area contributed by atoms with Crippen LogP contribution in [0.5, 0.6) is 0 Å². The van der Waals surface area contributed by atoms with Crippen molar-refractivity contribution in [1.29, 1.82) is 0 Å². The summed E-state index contributed by atoms with van der Waals surface area (Å²) in [4.78, 5) is 13.1. The van der Waals surface area contributed by atoms with Crippen LogP contribution in [-0.2, 0) is 6.42 Å². The number of halogens is 3. The van der Waals surface area contributed by atoms with Gasteiger partial charge < -0.3 is 10.6 Å². The van der Waals surface area contributed by atoms with E-state index in [9.17, 15) is 18.0 Å². The number of amides is 2. The Labute approximate surface area is 134 Å². The van der Waals surface area contributed by atoms with Gasteiger partial charge in [-0.05, 0) is 44.0 Å². The fraction of sp³-hybridized carbons (Fsp3) is 0.562. The van der Waals surface area contributed by atoms with Crippen molar-refractivity contribution in [3.05, 3.63) is 35.4 Å². The summed E-state index contributed by atoms with van der Waals surface area (Å²) in [5.74, 6) is 0. The van der Waals surface area contributed by atoms with Gasteiger partial charge in [-0.3, -0.25) is 4.90 Å². The van der Waals surface area contributed by atoms with Crippen LogP contribution in [0.1, 0.15) is 30.0 Å². The Hall–Kier alpha value is -1.76. The van der Waals surface area contributed by atoms with Gasteiger partial charge in [0.15, 0.2) is 0 Å². The monoisotopic (exact) mass is 329 g/mol. The Bertz CT molecular complexity index is 534. The number of rotatable bonds is 6. The number of fused-ring (bicyclic) bond motifs is 1. The Morgan fingerprint density at radius 2 is 2.09 bits per heavy atom. The van der Waals surface area contributed by atoms with Crippen molar-refractivity contribution in [3.63, 3.8) is 0 Å². The third-order valence-corrected chi connectivity index (χ3v) is 3.89. The molecule has 0 radical (unpaired) electrons. The van der Waals surface area contributed by atoms with Gasteiger partial charge in [-0.2, -0.15) is 13.2 Å². The Morgan fingerprint density at radius 1 is 1.35 bits per heavy atom. The summed E-state index contributed by atoms with van der Waals surface area (Å²) in [5.41, 5.74) is 2.40. The van der Waals surface area contributed by atoms with Crippen LogP contribution in [-0.4, -0.2) is 43.8 Å². The second-order valence-electron chi connectivity index (χ2n) is 5.90. The minimum Gasteiger partial charge on any atom is -0.338 e. The molecule has 0 aromatic heterocycles. The van der Waals surface area contributed by atoms with E-state index in [1.165, 1.54) is 17.5 Å². The van der Waals surface area contributed by atoms with E-state index in [0.717, 1.165) is 18.4 Å². The highest BCUT2D eigenvalue weighted by molar-refractivity contribution is 5.74. The van der Waals surface area contributed by atoms with Gasteiger partial charge in [-0.15, -0.1) is 0 Å². The van der Waals surface area contributed by atoms with E-state index in [2.05, 4.69) is 16.7 Å². The maximum absolute atomic E-state index is 12.2. The molecule has 0 fully saturated rings. The highest BCUT2D eigenvalue weighted by atomic mass is 19.4. The van der Waals surface area contributed by atoms with Crippen molar-refractivity contribution >= 4 is 6.03 Å². The van der Waals surface area contributed by atoms with Crippen LogP contribution in [0.15, 0.2) is 24.3 Å². The zero-order valence-corrected chi connectivity index (χ0v) is 13.1. The van der Waals surface area contributed by atoms with Crippen molar-refractivity contribution in [3.8, 4) is 0 Å². The summed E-state index contributed by atoms with van der Waals surface area (Å²) >= 11 is 0. The fourth-order valence-corrected chi connectivity index (χ4v) is 2.85. The van der Waals surface area contributed by atoms with E-state index < -0.39 is 12.7 Å². The number of hydrogen-bond acceptors (Lipinski definition) is 2. The van der Waals surface area contributed by atoms with Crippen LogP contribution >= 0.6 is 0 Å². The SMILES string of the molecule is CN(CCCNC(=O)N[C@@H]1CCc2ccccc21)CC(F)(F)F. The summed E-state index contributed by atoms with van der Waals surface area (Å²) in [6.07, 6.45) is -1.89. The van der Waals surface area contributed by atoms with E-state index in [4.69, 9.17) is 0 Å². The summed E-state index contributed by atoms with van der Waals surface area (Å²) < 4.78 is 36.5. The number of alkyl halides is 3. The van der Waals surface area contributed by atoms with Crippen LogP contribution in [0.4, 0.5) is 18.0 Å². The van der Waals surface area contributed by atoms with E-state index in [-0.39, 0.29) is 18.6 Å². The van der Waals surface area contributed by atoms with Gasteiger partial charge in [0.25, 0.3) is 0 Å². The second kappa shape index (κ2) is 7.68. The predicted octanol–water partition coefficient (Wildman–Crippen LogP) is 2.86. The summed E-state index contributed by atoms with van der Waals surface area (Å²) in [6.45, 7) is -0.299. The van der Waals surface area contributed by atoms with E-state index in [1.54, 1.807) is 0 Å². The smallest absolute Gasteiger partial charge is 0.338 e. The molecule has 0 heterocycles. The van der Waals surface area contributed by atoms with Gasteiger partial charge in [0, 0.05) is 6.54 Å². The molecule has 7 heteroatoms. The van der Waals surface area contributed by atoms with Gasteiger partial charge in [0.05, 0.1) is 12.6 Å². The molecule has 0 aliphatic heterocycles. The first-order valence-corrected chi connectivity index (χ1v) is 7.72. The molecule has 23 heavy (non-hydrogen) atoms. The first kappa shape index (κ1) is 17.6. The molecule has 0 saturated heterocycles. The molecular formula is C16H22F3N3O. The van der Waals surface area contributed by atoms with Crippen LogP contribution in [0.25, 0.3) is 0 Å². The van der Waals surface area contributed by atoms with Crippen LogP contribution in [0, 0.1) is 0 Å². The normalized spacial score (nSPS) is 17.2. The second-order valence-corrected chi connectivity index (χ2v) is 5.90. The molecule has 0 saturated carbocycles. The van der Waals surface area contributed by atoms with Crippen LogP contribution < -0.4 is 10.6 Å². The van der Waals surface area contributed by atoms with Gasteiger partial charge >= 0.3 is 12.2 Å². The molecule has 0 unspecified atom stereocenters. The largest absolute Gasteiger partial charge is 0.401 e.